The number of carbonyl (C=O) groups excluding carboxylic acids is 1. The SMILES string of the molecule is B[C@H](Cc1ccc(C)cc1)NC(=O)CCC1CNCCS1(=O)=O. The summed E-state index contributed by atoms with van der Waals surface area (Å²) >= 11 is 0. The van der Waals surface area contributed by atoms with Gasteiger partial charge in [-0.1, -0.05) is 29.8 Å². The zero-order valence-corrected chi connectivity index (χ0v) is 14.7. The van der Waals surface area contributed by atoms with Crippen molar-refractivity contribution in [2.24, 2.45) is 0 Å². The molecule has 0 radical (unpaired) electrons. The third-order valence-corrected chi connectivity index (χ3v) is 6.40. The monoisotopic (exact) mass is 336 g/mol. The molecule has 1 aromatic rings. The molecule has 1 saturated heterocycles. The van der Waals surface area contributed by atoms with E-state index in [0.717, 1.165) is 6.42 Å². The Bertz CT molecular complexity index is 631. The summed E-state index contributed by atoms with van der Waals surface area (Å²) < 4.78 is 23.8. The van der Waals surface area contributed by atoms with Crippen LogP contribution < -0.4 is 10.6 Å². The molecule has 2 N–H and O–H groups in total. The number of aryl methyl sites for hydroxylation is 1. The Hall–Kier alpha value is -1.34. The molecule has 2 atom stereocenters. The maximum absolute atomic E-state index is 12.0. The van der Waals surface area contributed by atoms with Crippen LogP contribution >= 0.6 is 0 Å². The van der Waals surface area contributed by atoms with Crippen molar-refractivity contribution in [3.63, 3.8) is 0 Å². The lowest BCUT2D eigenvalue weighted by molar-refractivity contribution is -0.121. The summed E-state index contributed by atoms with van der Waals surface area (Å²) in [6.45, 7) is 3.01. The summed E-state index contributed by atoms with van der Waals surface area (Å²) in [4.78, 5) is 12.0. The van der Waals surface area contributed by atoms with E-state index in [1.54, 1.807) is 0 Å². The number of sulfone groups is 1. The Morgan fingerprint density at radius 1 is 1.39 bits per heavy atom. The topological polar surface area (TPSA) is 75.3 Å². The number of amides is 1. The van der Waals surface area contributed by atoms with Gasteiger partial charge in [0.2, 0.25) is 5.91 Å². The number of carbonyl (C=O) groups is 1. The molecule has 0 aliphatic carbocycles. The van der Waals surface area contributed by atoms with Crippen LogP contribution in [0.5, 0.6) is 0 Å². The van der Waals surface area contributed by atoms with Gasteiger partial charge in [0, 0.05) is 25.5 Å². The van der Waals surface area contributed by atoms with Gasteiger partial charge < -0.3 is 10.6 Å². The first-order chi connectivity index (χ1) is 10.9. The third kappa shape index (κ3) is 5.66. The first-order valence-corrected chi connectivity index (χ1v) is 9.85. The van der Waals surface area contributed by atoms with Crippen LogP contribution in [0.3, 0.4) is 0 Å². The van der Waals surface area contributed by atoms with Crippen LogP contribution in [0.1, 0.15) is 24.0 Å². The van der Waals surface area contributed by atoms with Crippen molar-refractivity contribution in [2.45, 2.75) is 37.4 Å². The Balaban J connectivity index is 1.76. The van der Waals surface area contributed by atoms with Crippen LogP contribution in [0.4, 0.5) is 0 Å². The highest BCUT2D eigenvalue weighted by molar-refractivity contribution is 7.92. The summed E-state index contributed by atoms with van der Waals surface area (Å²) in [6.07, 6.45) is 1.41. The van der Waals surface area contributed by atoms with Gasteiger partial charge in [0.05, 0.1) is 11.0 Å². The molecule has 23 heavy (non-hydrogen) atoms. The minimum atomic E-state index is -3.04. The van der Waals surface area contributed by atoms with E-state index in [2.05, 4.69) is 34.9 Å². The van der Waals surface area contributed by atoms with Gasteiger partial charge in [0.15, 0.2) is 9.84 Å². The largest absolute Gasteiger partial charge is 0.361 e. The van der Waals surface area contributed by atoms with E-state index in [1.165, 1.54) is 11.1 Å². The predicted molar refractivity (Wildman–Crippen MR) is 95.0 cm³/mol. The average Bonchev–Trinajstić information content (AvgIpc) is 2.48. The molecular weight excluding hydrogens is 311 g/mol. The number of hydrogen-bond donors (Lipinski definition) is 2. The second kappa shape index (κ2) is 7.97. The number of rotatable bonds is 6. The highest BCUT2D eigenvalue weighted by Gasteiger charge is 2.28. The zero-order chi connectivity index (χ0) is 16.9. The fourth-order valence-electron chi connectivity index (χ4n) is 2.82. The summed E-state index contributed by atoms with van der Waals surface area (Å²) in [5.74, 6) is 0.125. The average molecular weight is 336 g/mol. The molecular formula is C16H25BN2O3S. The van der Waals surface area contributed by atoms with Gasteiger partial charge >= 0.3 is 0 Å². The lowest BCUT2D eigenvalue weighted by Crippen LogP contribution is -2.44. The lowest BCUT2D eigenvalue weighted by Gasteiger charge is -2.23. The highest BCUT2D eigenvalue weighted by atomic mass is 32.2. The normalized spacial score (nSPS) is 21.5. The molecule has 1 aromatic carbocycles. The Labute approximate surface area is 139 Å². The van der Waals surface area contributed by atoms with Gasteiger partial charge in [-0.05, 0) is 25.3 Å². The van der Waals surface area contributed by atoms with Gasteiger partial charge in [-0.2, -0.15) is 0 Å². The minimum absolute atomic E-state index is 0.0336. The quantitative estimate of drug-likeness (QED) is 0.705. The molecule has 5 nitrogen and oxygen atoms in total. The van der Waals surface area contributed by atoms with Crippen molar-refractivity contribution in [1.29, 1.82) is 0 Å². The molecule has 1 heterocycles. The third-order valence-electron chi connectivity index (χ3n) is 4.21. The van der Waals surface area contributed by atoms with Crippen LogP contribution in [-0.4, -0.2) is 52.2 Å². The number of hydrogen-bond acceptors (Lipinski definition) is 4. The van der Waals surface area contributed by atoms with Crippen molar-refractivity contribution in [1.82, 2.24) is 10.6 Å². The van der Waals surface area contributed by atoms with Gasteiger partial charge in [-0.25, -0.2) is 8.42 Å². The molecule has 7 heteroatoms. The van der Waals surface area contributed by atoms with Gasteiger partial charge in [0.1, 0.15) is 7.85 Å². The molecule has 1 amide bonds. The van der Waals surface area contributed by atoms with Crippen molar-refractivity contribution in [2.75, 3.05) is 18.8 Å². The van der Waals surface area contributed by atoms with E-state index < -0.39 is 15.1 Å². The standard InChI is InChI=1S/C16H25BN2O3S/c1-12-2-4-13(5-3-12)10-15(17)19-16(20)7-6-14-11-18-8-9-23(14,21)22/h2-5,14-15,18H,6-11,17H2,1H3,(H,19,20)/t14?,15-/m0/s1. The molecule has 1 fully saturated rings. The molecule has 0 bridgehead atoms. The van der Waals surface area contributed by atoms with E-state index in [-0.39, 0.29) is 24.0 Å². The summed E-state index contributed by atoms with van der Waals surface area (Å²) in [5.41, 5.74) is 2.40. The first kappa shape index (κ1) is 18.0. The second-order valence-corrected chi connectivity index (χ2v) is 8.79. The van der Waals surface area contributed by atoms with Crippen molar-refractivity contribution < 1.29 is 13.2 Å². The maximum atomic E-state index is 12.0. The van der Waals surface area contributed by atoms with E-state index in [1.807, 2.05) is 14.8 Å². The summed E-state index contributed by atoms with van der Waals surface area (Å²) in [5, 5.41) is 5.60. The molecule has 1 aliphatic rings. The summed E-state index contributed by atoms with van der Waals surface area (Å²) in [6, 6.07) is 8.26. The van der Waals surface area contributed by atoms with Crippen LogP contribution in [0.25, 0.3) is 0 Å². The maximum Gasteiger partial charge on any atom is 0.219 e. The molecule has 0 spiro atoms. The second-order valence-electron chi connectivity index (χ2n) is 6.39. The van der Waals surface area contributed by atoms with Crippen LogP contribution in [-0.2, 0) is 21.1 Å². The van der Waals surface area contributed by atoms with Crippen molar-refractivity contribution in [3.8, 4) is 0 Å². The Kier molecular flexibility index (Phi) is 6.24. The molecule has 126 valence electrons. The zero-order valence-electron chi connectivity index (χ0n) is 13.8. The smallest absolute Gasteiger partial charge is 0.219 e. The Morgan fingerprint density at radius 2 is 2.09 bits per heavy atom. The van der Waals surface area contributed by atoms with Crippen LogP contribution in [0.15, 0.2) is 24.3 Å². The van der Waals surface area contributed by atoms with Gasteiger partial charge in [0.25, 0.3) is 0 Å². The fraction of sp³-hybridized carbons (Fsp3) is 0.562. The van der Waals surface area contributed by atoms with E-state index >= 15 is 0 Å². The fourth-order valence-corrected chi connectivity index (χ4v) is 4.43. The van der Waals surface area contributed by atoms with E-state index in [9.17, 15) is 13.2 Å². The molecule has 0 saturated carbocycles. The van der Waals surface area contributed by atoms with Gasteiger partial charge in [-0.15, -0.1) is 0 Å². The summed E-state index contributed by atoms with van der Waals surface area (Å²) in [7, 11) is -1.07. The minimum Gasteiger partial charge on any atom is -0.361 e. The molecule has 2 rings (SSSR count). The van der Waals surface area contributed by atoms with Crippen molar-refractivity contribution >= 4 is 23.6 Å². The number of benzene rings is 1. The predicted octanol–water partition coefficient (Wildman–Crippen LogP) is -0.220. The molecule has 1 unspecified atom stereocenters. The molecule has 0 aromatic heterocycles. The highest BCUT2D eigenvalue weighted by Crippen LogP contribution is 2.12. The van der Waals surface area contributed by atoms with Crippen molar-refractivity contribution in [3.05, 3.63) is 35.4 Å². The Morgan fingerprint density at radius 3 is 2.74 bits per heavy atom. The molecule has 1 aliphatic heterocycles. The first-order valence-electron chi connectivity index (χ1n) is 8.14. The van der Waals surface area contributed by atoms with Crippen LogP contribution in [0, 0.1) is 6.92 Å². The lowest BCUT2D eigenvalue weighted by atomic mass is 9.89. The van der Waals surface area contributed by atoms with E-state index in [4.69, 9.17) is 0 Å². The van der Waals surface area contributed by atoms with Crippen LogP contribution in [0.2, 0.25) is 0 Å². The van der Waals surface area contributed by atoms with Gasteiger partial charge in [-0.3, -0.25) is 4.79 Å². The van der Waals surface area contributed by atoms with E-state index in [0.29, 0.717) is 19.5 Å². The number of nitrogens with one attached hydrogen (secondary N) is 2.